The highest BCUT2D eigenvalue weighted by Gasteiger charge is 2.39. The third-order valence-corrected chi connectivity index (χ3v) is 3.10. The summed E-state index contributed by atoms with van der Waals surface area (Å²) in [5.41, 5.74) is -0.00195. The van der Waals surface area contributed by atoms with Crippen LogP contribution in [0.5, 0.6) is 0 Å². The number of nitrogens with one attached hydrogen (secondary N) is 2. The molecule has 17 heavy (non-hydrogen) atoms. The molecule has 6 heteroatoms. The zero-order valence-electron chi connectivity index (χ0n) is 9.40. The molecule has 0 bridgehead atoms. The summed E-state index contributed by atoms with van der Waals surface area (Å²) >= 11 is 3.28. The lowest BCUT2D eigenvalue weighted by atomic mass is 9.77. The van der Waals surface area contributed by atoms with Gasteiger partial charge in [0.1, 0.15) is 0 Å². The van der Waals surface area contributed by atoms with Gasteiger partial charge in [-0.2, -0.15) is 0 Å². The molecule has 0 aromatic carbocycles. The Morgan fingerprint density at radius 2 is 2.29 bits per heavy atom. The van der Waals surface area contributed by atoms with Crippen molar-refractivity contribution in [2.75, 3.05) is 5.32 Å². The van der Waals surface area contributed by atoms with E-state index < -0.39 is 5.60 Å². The van der Waals surface area contributed by atoms with Crippen LogP contribution >= 0.6 is 15.9 Å². The van der Waals surface area contributed by atoms with Gasteiger partial charge in [-0.25, -0.2) is 4.79 Å². The fourth-order valence-corrected chi connectivity index (χ4v) is 2.30. The number of carbonyl (C=O) groups excluding carboxylic acids is 1. The van der Waals surface area contributed by atoms with Crippen LogP contribution in [-0.4, -0.2) is 27.8 Å². The molecule has 1 aromatic heterocycles. The molecule has 0 aliphatic heterocycles. The molecule has 5 nitrogen and oxygen atoms in total. The maximum atomic E-state index is 11.6. The fourth-order valence-electron chi connectivity index (χ4n) is 1.94. The Bertz CT molecular complexity index is 428. The van der Waals surface area contributed by atoms with Crippen LogP contribution < -0.4 is 10.6 Å². The molecular weight excluding hydrogens is 286 g/mol. The van der Waals surface area contributed by atoms with Crippen LogP contribution in [0.1, 0.15) is 19.8 Å². The lowest BCUT2D eigenvalue weighted by molar-refractivity contribution is -0.0351. The highest BCUT2D eigenvalue weighted by molar-refractivity contribution is 9.10. The quantitative estimate of drug-likeness (QED) is 0.780. The van der Waals surface area contributed by atoms with Crippen molar-refractivity contribution in [2.45, 2.75) is 31.4 Å². The molecule has 1 saturated carbocycles. The van der Waals surface area contributed by atoms with Gasteiger partial charge in [-0.3, -0.25) is 4.98 Å². The summed E-state index contributed by atoms with van der Waals surface area (Å²) in [4.78, 5) is 15.5. The zero-order valence-corrected chi connectivity index (χ0v) is 11.0. The first-order valence-electron chi connectivity index (χ1n) is 5.35. The summed E-state index contributed by atoms with van der Waals surface area (Å²) in [6.07, 6.45) is 4.40. The lowest BCUT2D eigenvalue weighted by Crippen LogP contribution is -2.54. The van der Waals surface area contributed by atoms with Gasteiger partial charge in [-0.15, -0.1) is 0 Å². The zero-order chi connectivity index (χ0) is 12.5. The molecule has 0 radical (unpaired) electrons. The summed E-state index contributed by atoms with van der Waals surface area (Å²) in [6, 6.07) is 1.54. The predicted molar refractivity (Wildman–Crippen MR) is 67.7 cm³/mol. The fraction of sp³-hybridized carbons (Fsp3) is 0.455. The van der Waals surface area contributed by atoms with Gasteiger partial charge in [0.15, 0.2) is 0 Å². The van der Waals surface area contributed by atoms with Gasteiger partial charge in [0.05, 0.1) is 17.5 Å². The van der Waals surface area contributed by atoms with Crippen molar-refractivity contribution in [3.05, 3.63) is 22.9 Å². The molecule has 1 aliphatic rings. The van der Waals surface area contributed by atoms with Crippen molar-refractivity contribution in [1.82, 2.24) is 10.3 Å². The molecule has 1 aliphatic carbocycles. The van der Waals surface area contributed by atoms with Crippen LogP contribution in [0.3, 0.4) is 0 Å². The number of aromatic nitrogens is 1. The smallest absolute Gasteiger partial charge is 0.319 e. The molecule has 2 rings (SSSR count). The van der Waals surface area contributed by atoms with Crippen molar-refractivity contribution in [1.29, 1.82) is 0 Å². The predicted octanol–water partition coefficient (Wildman–Crippen LogP) is 1.88. The molecule has 0 spiro atoms. The topological polar surface area (TPSA) is 74.2 Å². The largest absolute Gasteiger partial charge is 0.390 e. The second-order valence-electron chi connectivity index (χ2n) is 4.59. The van der Waals surface area contributed by atoms with E-state index in [0.29, 0.717) is 18.5 Å². The van der Waals surface area contributed by atoms with Crippen LogP contribution in [0, 0.1) is 0 Å². The van der Waals surface area contributed by atoms with E-state index >= 15 is 0 Å². The van der Waals surface area contributed by atoms with E-state index in [-0.39, 0.29) is 12.1 Å². The number of hydrogen-bond acceptors (Lipinski definition) is 3. The molecule has 1 fully saturated rings. The van der Waals surface area contributed by atoms with Crippen molar-refractivity contribution < 1.29 is 9.90 Å². The highest BCUT2D eigenvalue weighted by Crippen LogP contribution is 2.31. The van der Waals surface area contributed by atoms with E-state index in [9.17, 15) is 9.90 Å². The average molecular weight is 300 g/mol. The number of carbonyl (C=O) groups is 1. The second-order valence-corrected chi connectivity index (χ2v) is 5.51. The number of amides is 2. The molecule has 1 heterocycles. The Labute approximate surface area is 108 Å². The first-order valence-corrected chi connectivity index (χ1v) is 6.14. The van der Waals surface area contributed by atoms with Crippen molar-refractivity contribution in [3.8, 4) is 0 Å². The summed E-state index contributed by atoms with van der Waals surface area (Å²) in [6.45, 7) is 1.77. The summed E-state index contributed by atoms with van der Waals surface area (Å²) in [7, 11) is 0. The Morgan fingerprint density at radius 1 is 1.59 bits per heavy atom. The molecule has 1 aromatic rings. The molecule has 0 atom stereocenters. The number of anilines is 1. The molecule has 0 saturated heterocycles. The van der Waals surface area contributed by atoms with Gasteiger partial charge >= 0.3 is 6.03 Å². The van der Waals surface area contributed by atoms with Crippen LogP contribution in [0.15, 0.2) is 22.9 Å². The summed E-state index contributed by atoms with van der Waals surface area (Å²) in [5.74, 6) is 0. The van der Waals surface area contributed by atoms with E-state index in [1.165, 1.54) is 0 Å². The van der Waals surface area contributed by atoms with Gasteiger partial charge in [0, 0.05) is 16.7 Å². The number of halogens is 1. The Balaban J connectivity index is 1.82. The molecule has 2 amide bonds. The maximum absolute atomic E-state index is 11.6. The number of pyridine rings is 1. The second kappa shape index (κ2) is 4.62. The van der Waals surface area contributed by atoms with Crippen molar-refractivity contribution >= 4 is 27.6 Å². The normalized spacial score (nSPS) is 27.1. The monoisotopic (exact) mass is 299 g/mol. The van der Waals surface area contributed by atoms with E-state index in [2.05, 4.69) is 31.5 Å². The van der Waals surface area contributed by atoms with Gasteiger partial charge in [-0.05, 0) is 41.8 Å². The Hall–Kier alpha value is -1.14. The number of aliphatic hydroxyl groups is 1. The number of urea groups is 1. The van der Waals surface area contributed by atoms with Crippen molar-refractivity contribution in [3.63, 3.8) is 0 Å². The van der Waals surface area contributed by atoms with E-state index in [1.807, 2.05) is 0 Å². The molecule has 92 valence electrons. The van der Waals surface area contributed by atoms with Crippen LogP contribution in [0.25, 0.3) is 0 Å². The van der Waals surface area contributed by atoms with Crippen LogP contribution in [0.4, 0.5) is 10.5 Å². The average Bonchev–Trinajstić information content (AvgIpc) is 2.14. The van der Waals surface area contributed by atoms with Gasteiger partial charge in [0.25, 0.3) is 0 Å². The molecular formula is C11H14BrN3O2. The number of rotatable bonds is 2. The van der Waals surface area contributed by atoms with Gasteiger partial charge in [-0.1, -0.05) is 0 Å². The number of nitrogens with zero attached hydrogens (tertiary/aromatic N) is 1. The number of hydrogen-bond donors (Lipinski definition) is 3. The minimum atomic E-state index is -0.630. The van der Waals surface area contributed by atoms with Gasteiger partial charge in [0.2, 0.25) is 0 Å². The Morgan fingerprint density at radius 3 is 2.88 bits per heavy atom. The Kier molecular flexibility index (Phi) is 3.35. The molecule has 0 unspecified atom stereocenters. The van der Waals surface area contributed by atoms with E-state index in [1.54, 1.807) is 25.4 Å². The minimum Gasteiger partial charge on any atom is -0.390 e. The lowest BCUT2D eigenvalue weighted by Gasteiger charge is -2.41. The van der Waals surface area contributed by atoms with Gasteiger partial charge < -0.3 is 15.7 Å². The summed E-state index contributed by atoms with van der Waals surface area (Å²) in [5, 5.41) is 15.0. The van der Waals surface area contributed by atoms with E-state index in [0.717, 1.165) is 4.47 Å². The minimum absolute atomic E-state index is 0.0464. The SMILES string of the molecule is CC1(O)CC(NC(=O)Nc2cncc(Br)c2)C1. The first-order chi connectivity index (χ1) is 7.94. The summed E-state index contributed by atoms with van der Waals surface area (Å²) < 4.78 is 0.807. The maximum Gasteiger partial charge on any atom is 0.319 e. The third kappa shape index (κ3) is 3.41. The molecule has 3 N–H and O–H groups in total. The van der Waals surface area contributed by atoms with E-state index in [4.69, 9.17) is 0 Å². The first kappa shape index (κ1) is 12.3. The third-order valence-electron chi connectivity index (χ3n) is 2.67. The van der Waals surface area contributed by atoms with Crippen LogP contribution in [0.2, 0.25) is 0 Å². The van der Waals surface area contributed by atoms with Crippen molar-refractivity contribution in [2.24, 2.45) is 0 Å². The standard InChI is InChI=1S/C11H14BrN3O2/c1-11(17)3-9(4-11)15-10(16)14-8-2-7(12)5-13-6-8/h2,5-6,9,17H,3-4H2,1H3,(H2,14,15,16). The highest BCUT2D eigenvalue weighted by atomic mass is 79.9. The van der Waals surface area contributed by atoms with Crippen LogP contribution in [-0.2, 0) is 0 Å².